The maximum Gasteiger partial charge on any atom is 0.322 e. The molecule has 0 saturated carbocycles. The third-order valence-corrected chi connectivity index (χ3v) is 3.84. The van der Waals surface area contributed by atoms with Gasteiger partial charge in [0.05, 0.1) is 19.8 Å². The molecule has 0 radical (unpaired) electrons. The fourth-order valence-electron chi connectivity index (χ4n) is 2.30. The van der Waals surface area contributed by atoms with Crippen molar-refractivity contribution in [2.45, 2.75) is 0 Å². The summed E-state index contributed by atoms with van der Waals surface area (Å²) in [4.78, 5) is 12.5. The van der Waals surface area contributed by atoms with E-state index in [4.69, 9.17) is 37.1 Å². The molecule has 134 valence electrons. The van der Waals surface area contributed by atoms with Gasteiger partial charge >= 0.3 is 6.01 Å². The fourth-order valence-corrected chi connectivity index (χ4v) is 2.82. The van der Waals surface area contributed by atoms with E-state index >= 15 is 0 Å². The molecule has 0 unspecified atom stereocenters. The van der Waals surface area contributed by atoms with Crippen molar-refractivity contribution < 1.29 is 18.7 Å². The van der Waals surface area contributed by atoms with Crippen LogP contribution in [0.3, 0.4) is 0 Å². The second-order valence-corrected chi connectivity index (χ2v) is 5.94. The predicted molar refractivity (Wildman–Crippen MR) is 97.3 cm³/mol. The number of aromatic nitrogens is 2. The van der Waals surface area contributed by atoms with Gasteiger partial charge in [-0.2, -0.15) is 0 Å². The lowest BCUT2D eigenvalue weighted by atomic mass is 10.1. The molecule has 0 spiro atoms. The van der Waals surface area contributed by atoms with Gasteiger partial charge in [0.15, 0.2) is 11.5 Å². The Morgan fingerprint density at radius 2 is 1.81 bits per heavy atom. The molecule has 1 amide bonds. The van der Waals surface area contributed by atoms with Crippen LogP contribution in [0.15, 0.2) is 40.8 Å². The monoisotopic (exact) mass is 393 g/mol. The van der Waals surface area contributed by atoms with E-state index in [-0.39, 0.29) is 17.5 Å². The van der Waals surface area contributed by atoms with Gasteiger partial charge in [0, 0.05) is 15.6 Å². The number of carbonyl (C=O) groups is 1. The Morgan fingerprint density at radius 3 is 2.46 bits per heavy atom. The second kappa shape index (κ2) is 7.63. The predicted octanol–water partition coefficient (Wildman–Crippen LogP) is 4.31. The van der Waals surface area contributed by atoms with Gasteiger partial charge in [-0.1, -0.05) is 34.4 Å². The molecule has 0 aliphatic rings. The number of carbonyl (C=O) groups excluding carboxylic acids is 1. The Bertz CT molecular complexity index is 939. The molecule has 0 bridgehead atoms. The molecule has 9 heteroatoms. The zero-order valence-electron chi connectivity index (χ0n) is 13.7. The molecule has 7 nitrogen and oxygen atoms in total. The maximum absolute atomic E-state index is 12.5. The highest BCUT2D eigenvalue weighted by Gasteiger charge is 2.19. The number of hydrogen-bond acceptors (Lipinski definition) is 6. The first-order valence-electron chi connectivity index (χ1n) is 7.34. The van der Waals surface area contributed by atoms with E-state index in [2.05, 4.69) is 15.5 Å². The van der Waals surface area contributed by atoms with Gasteiger partial charge in [-0.15, -0.1) is 5.10 Å². The highest BCUT2D eigenvalue weighted by atomic mass is 35.5. The Hall–Kier alpha value is -2.77. The first-order chi connectivity index (χ1) is 12.5. The summed E-state index contributed by atoms with van der Waals surface area (Å²) >= 11 is 11.9. The first-order valence-corrected chi connectivity index (χ1v) is 8.09. The summed E-state index contributed by atoms with van der Waals surface area (Å²) in [6, 6.07) is 9.69. The SMILES string of the molecule is COc1cccc(C(=O)Nc2nnc(-c3cc(Cl)cc(Cl)c3)o2)c1OC. The van der Waals surface area contributed by atoms with E-state index in [1.807, 2.05) is 0 Å². The Labute approximate surface area is 158 Å². The highest BCUT2D eigenvalue weighted by molar-refractivity contribution is 6.35. The average molecular weight is 394 g/mol. The number of halogens is 2. The van der Waals surface area contributed by atoms with Gasteiger partial charge in [0.2, 0.25) is 5.89 Å². The molecule has 0 saturated heterocycles. The lowest BCUT2D eigenvalue weighted by Gasteiger charge is -2.11. The first kappa shape index (κ1) is 18.0. The van der Waals surface area contributed by atoms with Crippen molar-refractivity contribution in [2.24, 2.45) is 0 Å². The van der Waals surface area contributed by atoms with E-state index in [1.54, 1.807) is 36.4 Å². The van der Waals surface area contributed by atoms with Gasteiger partial charge < -0.3 is 13.9 Å². The van der Waals surface area contributed by atoms with Crippen molar-refractivity contribution in [3.8, 4) is 23.0 Å². The molecule has 2 aromatic carbocycles. The second-order valence-electron chi connectivity index (χ2n) is 5.07. The molecule has 0 atom stereocenters. The third kappa shape index (κ3) is 3.74. The number of para-hydroxylation sites is 1. The number of anilines is 1. The van der Waals surface area contributed by atoms with Crippen molar-refractivity contribution in [3.63, 3.8) is 0 Å². The van der Waals surface area contributed by atoms with Crippen LogP contribution in [0.1, 0.15) is 10.4 Å². The quantitative estimate of drug-likeness (QED) is 0.694. The molecular formula is C17H13Cl2N3O4. The van der Waals surface area contributed by atoms with Gasteiger partial charge in [0.1, 0.15) is 0 Å². The standard InChI is InChI=1S/C17H13Cl2N3O4/c1-24-13-5-3-4-12(14(13)25-2)15(23)20-17-22-21-16(26-17)9-6-10(18)8-11(19)7-9/h3-8H,1-2H3,(H,20,22,23). The fraction of sp³-hybridized carbons (Fsp3) is 0.118. The van der Waals surface area contributed by atoms with Gasteiger partial charge in [-0.25, -0.2) is 0 Å². The maximum atomic E-state index is 12.5. The van der Waals surface area contributed by atoms with Crippen LogP contribution in [0.25, 0.3) is 11.5 Å². The molecule has 1 heterocycles. The van der Waals surface area contributed by atoms with E-state index in [0.29, 0.717) is 27.1 Å². The minimum Gasteiger partial charge on any atom is -0.493 e. The molecule has 26 heavy (non-hydrogen) atoms. The molecule has 1 N–H and O–H groups in total. The van der Waals surface area contributed by atoms with Crippen LogP contribution in [0.2, 0.25) is 10.0 Å². The summed E-state index contributed by atoms with van der Waals surface area (Å²) < 4.78 is 15.9. The number of amides is 1. The van der Waals surface area contributed by atoms with Crippen molar-refractivity contribution in [1.82, 2.24) is 10.2 Å². The van der Waals surface area contributed by atoms with Crippen molar-refractivity contribution in [3.05, 3.63) is 52.0 Å². The van der Waals surface area contributed by atoms with Crippen molar-refractivity contribution in [2.75, 3.05) is 19.5 Å². The van der Waals surface area contributed by atoms with Crippen LogP contribution in [-0.4, -0.2) is 30.3 Å². The Kier molecular flexibility index (Phi) is 5.29. The molecule has 0 fully saturated rings. The van der Waals surface area contributed by atoms with Crippen LogP contribution in [0, 0.1) is 0 Å². The van der Waals surface area contributed by atoms with Crippen molar-refractivity contribution in [1.29, 1.82) is 0 Å². The molecule has 3 rings (SSSR count). The minimum atomic E-state index is -0.486. The molecule has 3 aromatic rings. The zero-order valence-corrected chi connectivity index (χ0v) is 15.3. The Morgan fingerprint density at radius 1 is 1.08 bits per heavy atom. The van der Waals surface area contributed by atoms with Crippen LogP contribution < -0.4 is 14.8 Å². The molecule has 0 aliphatic carbocycles. The molecular weight excluding hydrogens is 381 g/mol. The topological polar surface area (TPSA) is 86.5 Å². The van der Waals surface area contributed by atoms with Crippen LogP contribution in [0.5, 0.6) is 11.5 Å². The van der Waals surface area contributed by atoms with E-state index in [1.165, 1.54) is 14.2 Å². The third-order valence-electron chi connectivity index (χ3n) is 3.40. The number of nitrogens with one attached hydrogen (secondary N) is 1. The highest BCUT2D eigenvalue weighted by Crippen LogP contribution is 2.31. The lowest BCUT2D eigenvalue weighted by Crippen LogP contribution is -2.13. The summed E-state index contributed by atoms with van der Waals surface area (Å²) in [6.07, 6.45) is 0. The van der Waals surface area contributed by atoms with Gasteiger partial charge in [-0.3, -0.25) is 10.1 Å². The lowest BCUT2D eigenvalue weighted by molar-refractivity contribution is 0.102. The molecule has 0 aliphatic heterocycles. The zero-order chi connectivity index (χ0) is 18.7. The molecule has 1 aromatic heterocycles. The summed E-state index contributed by atoms with van der Waals surface area (Å²) in [5.41, 5.74) is 0.798. The summed E-state index contributed by atoms with van der Waals surface area (Å²) in [7, 11) is 2.93. The largest absolute Gasteiger partial charge is 0.493 e. The van der Waals surface area contributed by atoms with E-state index < -0.39 is 5.91 Å². The minimum absolute atomic E-state index is 0.0778. The number of benzene rings is 2. The van der Waals surface area contributed by atoms with E-state index in [0.717, 1.165) is 0 Å². The number of methoxy groups -OCH3 is 2. The van der Waals surface area contributed by atoms with Gasteiger partial charge in [0.25, 0.3) is 5.91 Å². The number of hydrogen-bond donors (Lipinski definition) is 1. The van der Waals surface area contributed by atoms with Crippen LogP contribution in [0.4, 0.5) is 6.01 Å². The van der Waals surface area contributed by atoms with Crippen molar-refractivity contribution >= 4 is 35.1 Å². The normalized spacial score (nSPS) is 10.5. The Balaban J connectivity index is 1.84. The smallest absolute Gasteiger partial charge is 0.322 e. The van der Waals surface area contributed by atoms with Crippen LogP contribution in [-0.2, 0) is 0 Å². The number of nitrogens with zero attached hydrogens (tertiary/aromatic N) is 2. The average Bonchev–Trinajstić information content (AvgIpc) is 3.08. The number of ether oxygens (including phenoxy) is 2. The summed E-state index contributed by atoms with van der Waals surface area (Å²) in [5.74, 6) is 0.413. The number of rotatable bonds is 5. The summed E-state index contributed by atoms with van der Waals surface area (Å²) in [5, 5.41) is 11.1. The van der Waals surface area contributed by atoms with Crippen LogP contribution >= 0.6 is 23.2 Å². The van der Waals surface area contributed by atoms with E-state index in [9.17, 15) is 4.79 Å². The summed E-state index contributed by atoms with van der Waals surface area (Å²) in [6.45, 7) is 0. The van der Waals surface area contributed by atoms with Gasteiger partial charge in [-0.05, 0) is 30.3 Å².